The molecule has 50 heavy (non-hydrogen) atoms. The fraction of sp³-hybridized carbons (Fsp3) is 0.0444. The first kappa shape index (κ1) is 31.1. The van der Waals surface area contributed by atoms with Gasteiger partial charge in [0.1, 0.15) is 6.67 Å². The minimum absolute atomic E-state index is 0.548. The molecule has 8 rings (SSSR count). The number of benzene rings is 6. The molecule has 1 aliphatic carbocycles. The normalized spacial score (nSPS) is 13.9. The lowest BCUT2D eigenvalue weighted by Gasteiger charge is -2.34. The summed E-state index contributed by atoms with van der Waals surface area (Å²) in [5, 5.41) is 9.95. The van der Waals surface area contributed by atoms with Crippen LogP contribution in [0.15, 0.2) is 173 Å². The van der Waals surface area contributed by atoms with Crippen LogP contribution >= 0.6 is 11.9 Å². The van der Waals surface area contributed by atoms with Gasteiger partial charge in [-0.25, -0.2) is 0 Å². The molecule has 1 heterocycles. The Morgan fingerprint density at radius 1 is 0.720 bits per heavy atom. The summed E-state index contributed by atoms with van der Waals surface area (Å²) in [6.07, 6.45) is 4.09. The van der Waals surface area contributed by atoms with Crippen LogP contribution in [0.5, 0.6) is 0 Å². The maximum atomic E-state index is 9.95. The Balaban J connectivity index is 1.18. The predicted octanol–water partition coefficient (Wildman–Crippen LogP) is 10.7. The first-order valence-corrected chi connectivity index (χ1v) is 17.2. The monoisotopic (exact) mass is 660 g/mol. The number of fused-ring (bicyclic) bond motifs is 3. The van der Waals surface area contributed by atoms with Gasteiger partial charge in [-0.2, -0.15) is 5.26 Å². The second-order valence-corrected chi connectivity index (χ2v) is 13.4. The zero-order valence-electron chi connectivity index (χ0n) is 27.3. The van der Waals surface area contributed by atoms with Crippen molar-refractivity contribution in [2.24, 2.45) is 9.98 Å². The summed E-state index contributed by atoms with van der Waals surface area (Å²) in [4.78, 5) is 9.77. The van der Waals surface area contributed by atoms with Crippen molar-refractivity contribution in [2.45, 2.75) is 10.3 Å². The summed E-state index contributed by atoms with van der Waals surface area (Å²) < 4.78 is 2.13. The molecule has 0 radical (unpaired) electrons. The van der Waals surface area contributed by atoms with E-state index in [1.165, 1.54) is 22.3 Å². The lowest BCUT2D eigenvalue weighted by atomic mass is 9.67. The highest BCUT2D eigenvalue weighted by Gasteiger charge is 2.46. The maximum absolute atomic E-state index is 9.95. The summed E-state index contributed by atoms with van der Waals surface area (Å²) in [7, 11) is 0. The van der Waals surface area contributed by atoms with Crippen molar-refractivity contribution in [3.05, 3.63) is 197 Å². The molecule has 4 nitrogen and oxygen atoms in total. The molecular formula is C45H32N4S. The third-order valence-corrected chi connectivity index (χ3v) is 10.6. The Bertz CT molecular complexity index is 2330. The Kier molecular flexibility index (Phi) is 8.08. The maximum Gasteiger partial charge on any atom is 0.120 e. The third kappa shape index (κ3) is 5.27. The van der Waals surface area contributed by atoms with Crippen LogP contribution in [0.4, 0.5) is 0 Å². The minimum Gasteiger partial charge on any atom is -0.298 e. The van der Waals surface area contributed by atoms with Gasteiger partial charge in [0.2, 0.25) is 0 Å². The highest BCUT2D eigenvalue weighted by atomic mass is 32.2. The Labute approximate surface area is 297 Å². The fourth-order valence-electron chi connectivity index (χ4n) is 7.24. The van der Waals surface area contributed by atoms with E-state index < -0.39 is 5.41 Å². The Hall–Kier alpha value is -6.22. The zero-order chi connectivity index (χ0) is 34.1. The van der Waals surface area contributed by atoms with Crippen LogP contribution in [0.1, 0.15) is 38.9 Å². The lowest BCUT2D eigenvalue weighted by molar-refractivity contribution is 0.639. The van der Waals surface area contributed by atoms with E-state index in [4.69, 9.17) is 0 Å². The summed E-state index contributed by atoms with van der Waals surface area (Å²) >= 11 is 1.61. The topological polar surface area (TPSA) is 51.8 Å². The average Bonchev–Trinajstić information content (AvgIpc) is 3.48. The van der Waals surface area contributed by atoms with E-state index in [1.807, 2.05) is 30.5 Å². The first-order valence-electron chi connectivity index (χ1n) is 16.4. The smallest absolute Gasteiger partial charge is 0.120 e. The van der Waals surface area contributed by atoms with Crippen LogP contribution < -0.4 is 0 Å². The number of hydrogen-bond donors (Lipinski definition) is 0. The van der Waals surface area contributed by atoms with E-state index in [0.29, 0.717) is 17.9 Å². The van der Waals surface area contributed by atoms with Crippen molar-refractivity contribution in [2.75, 3.05) is 6.67 Å². The summed E-state index contributed by atoms with van der Waals surface area (Å²) in [5.41, 5.74) is 13.1. The summed E-state index contributed by atoms with van der Waals surface area (Å²) in [6, 6.07) is 53.5. The van der Waals surface area contributed by atoms with Crippen LogP contribution in [0.3, 0.4) is 0 Å². The third-order valence-electron chi connectivity index (χ3n) is 9.57. The fourth-order valence-corrected chi connectivity index (χ4v) is 8.21. The van der Waals surface area contributed by atoms with Crippen LogP contribution in [0, 0.1) is 11.3 Å². The van der Waals surface area contributed by atoms with Crippen molar-refractivity contribution in [3.8, 4) is 28.3 Å². The van der Waals surface area contributed by atoms with Gasteiger partial charge in [-0.3, -0.25) is 14.3 Å². The van der Waals surface area contributed by atoms with E-state index in [1.54, 1.807) is 11.9 Å². The second-order valence-electron chi connectivity index (χ2n) is 12.3. The summed E-state index contributed by atoms with van der Waals surface area (Å²) in [5.74, 6) is 0. The predicted molar refractivity (Wildman–Crippen MR) is 208 cm³/mol. The van der Waals surface area contributed by atoms with Crippen molar-refractivity contribution in [1.29, 1.82) is 5.26 Å². The molecule has 0 amide bonds. The largest absolute Gasteiger partial charge is 0.298 e. The highest BCUT2D eigenvalue weighted by Crippen LogP contribution is 2.57. The molecule has 0 fully saturated rings. The van der Waals surface area contributed by atoms with E-state index >= 15 is 0 Å². The van der Waals surface area contributed by atoms with Crippen LogP contribution in [0.2, 0.25) is 0 Å². The second kappa shape index (κ2) is 13.0. The lowest BCUT2D eigenvalue weighted by Crippen LogP contribution is -2.28. The Morgan fingerprint density at radius 3 is 2.00 bits per heavy atom. The van der Waals surface area contributed by atoms with E-state index in [-0.39, 0.29) is 0 Å². The number of rotatable bonds is 8. The molecule has 238 valence electrons. The van der Waals surface area contributed by atoms with Crippen LogP contribution in [-0.2, 0) is 5.41 Å². The van der Waals surface area contributed by atoms with Crippen molar-refractivity contribution in [1.82, 2.24) is 4.31 Å². The first-order chi connectivity index (χ1) is 24.6. The average molecular weight is 661 g/mol. The van der Waals surface area contributed by atoms with Gasteiger partial charge in [0.05, 0.1) is 22.7 Å². The van der Waals surface area contributed by atoms with Gasteiger partial charge in [-0.05, 0) is 93.0 Å². The van der Waals surface area contributed by atoms with Gasteiger partial charge in [0.15, 0.2) is 0 Å². The zero-order valence-corrected chi connectivity index (χ0v) is 28.1. The number of allylic oxidation sites excluding steroid dienone is 1. The van der Waals surface area contributed by atoms with Crippen molar-refractivity contribution < 1.29 is 0 Å². The van der Waals surface area contributed by atoms with Gasteiger partial charge in [0.25, 0.3) is 0 Å². The standard InChI is InChI=1S/C45H32N4S/c1-31(47-2)39-15-9-10-16-44(39)50-49-29-36(28-48-30-49)34-20-18-33(19-21-34)35-22-24-41-40-23-17-32(27-46)25-42(40)45(43(41)26-35,37-11-5-3-6-12-37)38-13-7-4-8-14-38/h3-26,28-29H,1-2,30H2. The van der Waals surface area contributed by atoms with Crippen LogP contribution in [0.25, 0.3) is 33.5 Å². The van der Waals surface area contributed by atoms with Gasteiger partial charge < -0.3 is 0 Å². The van der Waals surface area contributed by atoms with Gasteiger partial charge in [-0.1, -0.05) is 128 Å². The molecule has 0 saturated heterocycles. The number of nitriles is 1. The molecular weight excluding hydrogens is 629 g/mol. The van der Waals surface area contributed by atoms with E-state index in [0.717, 1.165) is 43.8 Å². The SMILES string of the molecule is C=NC(=C)c1ccccc1SN1C=C(c2ccc(-c3ccc4c(c3)C(c3ccccc3)(c3ccccc3)c3cc(C#N)ccc3-4)cc2)C=NC1. The molecule has 2 aliphatic rings. The minimum atomic E-state index is -0.576. The van der Waals surface area contributed by atoms with Crippen molar-refractivity contribution in [3.63, 3.8) is 0 Å². The molecule has 0 N–H and O–H groups in total. The molecule has 5 heteroatoms. The van der Waals surface area contributed by atoms with E-state index in [9.17, 15) is 5.26 Å². The quantitative estimate of drug-likeness (QED) is 0.120. The highest BCUT2D eigenvalue weighted by molar-refractivity contribution is 7.97. The van der Waals surface area contributed by atoms with Gasteiger partial charge >= 0.3 is 0 Å². The molecule has 1 aliphatic heterocycles. The van der Waals surface area contributed by atoms with Crippen molar-refractivity contribution >= 4 is 36.2 Å². The van der Waals surface area contributed by atoms with Gasteiger partial charge in [-0.15, -0.1) is 0 Å². The molecule has 0 aromatic heterocycles. The molecule has 0 spiro atoms. The number of hydrogen-bond acceptors (Lipinski definition) is 5. The molecule has 0 atom stereocenters. The molecule has 6 aromatic rings. The molecule has 0 saturated carbocycles. The number of nitrogens with zero attached hydrogens (tertiary/aromatic N) is 4. The van der Waals surface area contributed by atoms with E-state index in [2.05, 4.69) is 161 Å². The molecule has 0 unspecified atom stereocenters. The molecule has 0 bridgehead atoms. The van der Waals surface area contributed by atoms with Crippen LogP contribution in [-0.4, -0.2) is 23.9 Å². The molecule has 6 aromatic carbocycles. The summed E-state index contributed by atoms with van der Waals surface area (Å²) in [6.45, 7) is 8.25. The Morgan fingerprint density at radius 2 is 1.32 bits per heavy atom. The number of aliphatic imine (C=N–C) groups is 2. The van der Waals surface area contributed by atoms with Gasteiger partial charge in [0, 0.05) is 28.4 Å².